The van der Waals surface area contributed by atoms with Gasteiger partial charge in [-0.2, -0.15) is 0 Å². The second kappa shape index (κ2) is 5.68. The standard InChI is InChI=1S/C12H19N3O3S/c1-9(16)14-10-4-6-11(7-5-10)19(17,18)15-12(2,3)8-13/h4-7,15H,8,13H2,1-3H3,(H,14,16). The third-order valence-corrected chi connectivity index (χ3v) is 4.12. The van der Waals surface area contributed by atoms with E-state index in [-0.39, 0.29) is 17.3 Å². The molecule has 1 aromatic carbocycles. The summed E-state index contributed by atoms with van der Waals surface area (Å²) in [6.07, 6.45) is 0. The number of hydrogen-bond donors (Lipinski definition) is 3. The number of amides is 1. The first-order chi connectivity index (χ1) is 8.66. The normalized spacial score (nSPS) is 12.2. The van der Waals surface area contributed by atoms with E-state index in [4.69, 9.17) is 5.73 Å². The molecule has 0 unspecified atom stereocenters. The molecule has 0 aliphatic rings. The summed E-state index contributed by atoms with van der Waals surface area (Å²) in [7, 11) is -3.62. The monoisotopic (exact) mass is 285 g/mol. The quantitative estimate of drug-likeness (QED) is 0.739. The molecule has 6 nitrogen and oxygen atoms in total. The minimum absolute atomic E-state index is 0.128. The number of benzene rings is 1. The van der Waals surface area contributed by atoms with E-state index in [0.717, 1.165) is 0 Å². The fourth-order valence-corrected chi connectivity index (χ4v) is 2.81. The molecule has 1 aromatic rings. The number of hydrogen-bond acceptors (Lipinski definition) is 4. The molecule has 0 radical (unpaired) electrons. The number of rotatable bonds is 5. The number of carbonyl (C=O) groups is 1. The first-order valence-electron chi connectivity index (χ1n) is 5.78. The van der Waals surface area contributed by atoms with Gasteiger partial charge in [0.15, 0.2) is 0 Å². The lowest BCUT2D eigenvalue weighted by molar-refractivity contribution is -0.114. The summed E-state index contributed by atoms with van der Waals surface area (Å²) in [6, 6.07) is 5.93. The zero-order valence-corrected chi connectivity index (χ0v) is 12.0. The van der Waals surface area contributed by atoms with Gasteiger partial charge >= 0.3 is 0 Å². The van der Waals surface area contributed by atoms with Crippen molar-refractivity contribution < 1.29 is 13.2 Å². The van der Waals surface area contributed by atoms with E-state index >= 15 is 0 Å². The predicted octanol–water partition coefficient (Wildman–Crippen LogP) is 0.661. The summed E-state index contributed by atoms with van der Waals surface area (Å²) in [5.74, 6) is -0.210. The highest BCUT2D eigenvalue weighted by atomic mass is 32.2. The van der Waals surface area contributed by atoms with Gasteiger partial charge in [-0.15, -0.1) is 0 Å². The molecule has 0 aliphatic heterocycles. The molecule has 106 valence electrons. The van der Waals surface area contributed by atoms with E-state index in [1.54, 1.807) is 13.8 Å². The number of anilines is 1. The second-order valence-corrected chi connectivity index (χ2v) is 6.58. The maximum absolute atomic E-state index is 12.1. The Hall–Kier alpha value is -1.44. The average Bonchev–Trinajstić information content (AvgIpc) is 2.27. The van der Waals surface area contributed by atoms with Gasteiger partial charge in [0, 0.05) is 24.7 Å². The molecule has 0 aliphatic carbocycles. The Morgan fingerprint density at radius 1 is 1.26 bits per heavy atom. The van der Waals surface area contributed by atoms with Crippen molar-refractivity contribution in [2.45, 2.75) is 31.2 Å². The molecule has 0 heterocycles. The molecule has 0 saturated carbocycles. The van der Waals surface area contributed by atoms with Crippen LogP contribution in [0.2, 0.25) is 0 Å². The maximum atomic E-state index is 12.1. The van der Waals surface area contributed by atoms with Gasteiger partial charge in [0.1, 0.15) is 0 Å². The van der Waals surface area contributed by atoms with Crippen LogP contribution in [0.25, 0.3) is 0 Å². The Balaban J connectivity index is 2.94. The molecule has 0 spiro atoms. The lowest BCUT2D eigenvalue weighted by atomic mass is 10.1. The number of sulfonamides is 1. The van der Waals surface area contributed by atoms with Crippen LogP contribution in [0.4, 0.5) is 5.69 Å². The molecule has 0 saturated heterocycles. The molecule has 7 heteroatoms. The summed E-state index contributed by atoms with van der Waals surface area (Å²) >= 11 is 0. The lowest BCUT2D eigenvalue weighted by Crippen LogP contribution is -2.48. The lowest BCUT2D eigenvalue weighted by Gasteiger charge is -2.23. The molecule has 1 amide bonds. The minimum Gasteiger partial charge on any atom is -0.329 e. The molecule has 1 rings (SSSR count). The van der Waals surface area contributed by atoms with E-state index in [2.05, 4.69) is 10.0 Å². The molecular weight excluding hydrogens is 266 g/mol. The molecule has 0 bridgehead atoms. The molecule has 4 N–H and O–H groups in total. The summed E-state index contributed by atoms with van der Waals surface area (Å²) in [5.41, 5.74) is 5.33. The number of nitrogens with two attached hydrogens (primary N) is 1. The number of nitrogens with one attached hydrogen (secondary N) is 2. The Morgan fingerprint density at radius 2 is 1.79 bits per heavy atom. The van der Waals surface area contributed by atoms with Gasteiger partial charge in [-0.3, -0.25) is 4.79 Å². The topological polar surface area (TPSA) is 101 Å². The first kappa shape index (κ1) is 15.6. The Bertz CT molecular complexity index is 550. The van der Waals surface area contributed by atoms with E-state index in [9.17, 15) is 13.2 Å². The average molecular weight is 285 g/mol. The van der Waals surface area contributed by atoms with E-state index in [1.807, 2.05) is 0 Å². The van der Waals surface area contributed by atoms with Crippen molar-refractivity contribution in [1.29, 1.82) is 0 Å². The Morgan fingerprint density at radius 3 is 2.21 bits per heavy atom. The van der Waals surface area contributed by atoms with Crippen LogP contribution in [-0.4, -0.2) is 26.4 Å². The van der Waals surface area contributed by atoms with Crippen molar-refractivity contribution >= 4 is 21.6 Å². The van der Waals surface area contributed by atoms with Crippen LogP contribution in [-0.2, 0) is 14.8 Å². The highest BCUT2D eigenvalue weighted by Crippen LogP contribution is 2.16. The zero-order valence-electron chi connectivity index (χ0n) is 11.2. The van der Waals surface area contributed by atoms with Crippen LogP contribution in [0, 0.1) is 0 Å². The van der Waals surface area contributed by atoms with Crippen molar-refractivity contribution in [3.05, 3.63) is 24.3 Å². The summed E-state index contributed by atoms with van der Waals surface area (Å²) in [4.78, 5) is 11.0. The minimum atomic E-state index is -3.62. The Kier molecular flexibility index (Phi) is 4.67. The fraction of sp³-hybridized carbons (Fsp3) is 0.417. The fourth-order valence-electron chi connectivity index (χ4n) is 1.39. The van der Waals surface area contributed by atoms with Crippen molar-refractivity contribution in [2.75, 3.05) is 11.9 Å². The predicted molar refractivity (Wildman–Crippen MR) is 74.2 cm³/mol. The second-order valence-electron chi connectivity index (χ2n) is 4.90. The smallest absolute Gasteiger partial charge is 0.241 e. The van der Waals surface area contributed by atoms with Crippen molar-refractivity contribution in [3.8, 4) is 0 Å². The molecule has 0 atom stereocenters. The molecular formula is C12H19N3O3S. The van der Waals surface area contributed by atoms with Gasteiger partial charge < -0.3 is 11.1 Å². The van der Waals surface area contributed by atoms with Crippen LogP contribution >= 0.6 is 0 Å². The van der Waals surface area contributed by atoms with Crippen molar-refractivity contribution in [2.24, 2.45) is 5.73 Å². The summed E-state index contributed by atoms with van der Waals surface area (Å²) in [5, 5.41) is 2.57. The largest absolute Gasteiger partial charge is 0.329 e. The van der Waals surface area contributed by atoms with Gasteiger partial charge in [0.25, 0.3) is 0 Å². The van der Waals surface area contributed by atoms with Gasteiger partial charge in [0.2, 0.25) is 15.9 Å². The van der Waals surface area contributed by atoms with Gasteiger partial charge in [-0.25, -0.2) is 13.1 Å². The Labute approximate surface area is 113 Å². The van der Waals surface area contributed by atoms with Crippen molar-refractivity contribution in [1.82, 2.24) is 4.72 Å². The SMILES string of the molecule is CC(=O)Nc1ccc(S(=O)(=O)NC(C)(C)CN)cc1. The molecule has 0 aromatic heterocycles. The van der Waals surface area contributed by atoms with Gasteiger partial charge in [-0.05, 0) is 38.1 Å². The molecule has 0 fully saturated rings. The van der Waals surface area contributed by atoms with E-state index in [0.29, 0.717) is 5.69 Å². The highest BCUT2D eigenvalue weighted by Gasteiger charge is 2.24. The maximum Gasteiger partial charge on any atom is 0.241 e. The summed E-state index contributed by atoms with van der Waals surface area (Å²) in [6.45, 7) is 4.98. The number of carbonyl (C=O) groups excluding carboxylic acids is 1. The van der Waals surface area contributed by atoms with Crippen molar-refractivity contribution in [3.63, 3.8) is 0 Å². The third kappa shape index (κ3) is 4.62. The van der Waals surface area contributed by atoms with Crippen LogP contribution in [0.1, 0.15) is 20.8 Å². The van der Waals surface area contributed by atoms with Crippen LogP contribution in [0.3, 0.4) is 0 Å². The van der Waals surface area contributed by atoms with Crippen LogP contribution in [0.15, 0.2) is 29.2 Å². The highest BCUT2D eigenvalue weighted by molar-refractivity contribution is 7.89. The van der Waals surface area contributed by atoms with Crippen LogP contribution < -0.4 is 15.8 Å². The van der Waals surface area contributed by atoms with Crippen LogP contribution in [0.5, 0.6) is 0 Å². The van der Waals surface area contributed by atoms with E-state index in [1.165, 1.54) is 31.2 Å². The van der Waals surface area contributed by atoms with Gasteiger partial charge in [-0.1, -0.05) is 0 Å². The zero-order chi connectivity index (χ0) is 14.7. The van der Waals surface area contributed by atoms with E-state index < -0.39 is 15.6 Å². The first-order valence-corrected chi connectivity index (χ1v) is 7.26. The summed E-state index contributed by atoms with van der Waals surface area (Å²) < 4.78 is 26.7. The third-order valence-electron chi connectivity index (χ3n) is 2.41. The van der Waals surface area contributed by atoms with Gasteiger partial charge in [0.05, 0.1) is 4.90 Å². The molecule has 19 heavy (non-hydrogen) atoms.